The number of benzene rings is 2. The third kappa shape index (κ3) is 14.9. The van der Waals surface area contributed by atoms with E-state index in [1.807, 2.05) is 24.4 Å². The molecular formula is C33H38N2O7S. The van der Waals surface area contributed by atoms with E-state index in [1.54, 1.807) is 42.6 Å². The summed E-state index contributed by atoms with van der Waals surface area (Å²) in [5.41, 5.74) is 5.52. The molecule has 10 heteroatoms. The quantitative estimate of drug-likeness (QED) is 0.165. The molecule has 0 fully saturated rings. The molecule has 9 nitrogen and oxygen atoms in total. The van der Waals surface area contributed by atoms with Crippen molar-refractivity contribution in [3.05, 3.63) is 119 Å². The largest absolute Gasteiger partial charge is 0.508 e. The molecule has 0 spiro atoms. The van der Waals surface area contributed by atoms with Crippen LogP contribution in [0.3, 0.4) is 0 Å². The number of hydrogen-bond donors (Lipinski definition) is 1. The second kappa shape index (κ2) is 18.9. The van der Waals surface area contributed by atoms with Crippen molar-refractivity contribution in [2.45, 2.75) is 39.5 Å². The second-order valence-electron chi connectivity index (χ2n) is 9.29. The van der Waals surface area contributed by atoms with Gasteiger partial charge in [0.1, 0.15) is 24.1 Å². The van der Waals surface area contributed by atoms with Gasteiger partial charge in [-0.2, -0.15) is 8.42 Å². The monoisotopic (exact) mass is 606 g/mol. The Balaban J connectivity index is 0.000000240. The van der Waals surface area contributed by atoms with E-state index in [9.17, 15) is 18.0 Å². The number of hydrogen-bond acceptors (Lipinski definition) is 9. The van der Waals surface area contributed by atoms with Crippen molar-refractivity contribution in [1.29, 1.82) is 0 Å². The van der Waals surface area contributed by atoms with E-state index < -0.39 is 10.1 Å². The zero-order chi connectivity index (χ0) is 31.5. The molecule has 0 aliphatic rings. The van der Waals surface area contributed by atoms with Crippen LogP contribution in [0.2, 0.25) is 0 Å². The van der Waals surface area contributed by atoms with Gasteiger partial charge in [-0.1, -0.05) is 26.0 Å². The highest BCUT2D eigenvalue weighted by Crippen LogP contribution is 2.12. The Kier molecular flexibility index (Phi) is 15.3. The van der Waals surface area contributed by atoms with Gasteiger partial charge in [0.05, 0.1) is 19.5 Å². The fraction of sp³-hybridized carbons (Fsp3) is 0.273. The first-order chi connectivity index (χ1) is 20.6. The van der Waals surface area contributed by atoms with Crippen molar-refractivity contribution in [2.24, 2.45) is 0 Å². The predicted octanol–water partition coefficient (Wildman–Crippen LogP) is 5.45. The molecule has 2 heterocycles. The summed E-state index contributed by atoms with van der Waals surface area (Å²) in [6.07, 6.45) is 9.56. The SMILES string of the molecule is CCc1ccc(CCOS(C)(=O)=O)nc1.CCc1ccc(CCOc2ccc(C=O)cc2)nc1.O=Cc1ccc(O)cc1. The molecule has 0 aliphatic heterocycles. The standard InChI is InChI=1S/C16H17NO2.C10H15NO3S.C7H6O2/c1-2-13-3-6-15(17-11-13)9-10-19-16-7-4-14(12-18)5-8-16;1-3-9-4-5-10(11-8-9)6-7-14-15(2,12)13;8-5-6-1-3-7(9)4-2-6/h3-8,11-12H,2,9-10H2,1H3;4-5,8H,3,6-7H2,1-2H3;1-5,9H. The summed E-state index contributed by atoms with van der Waals surface area (Å²) >= 11 is 0. The van der Waals surface area contributed by atoms with Crippen LogP contribution in [0.15, 0.2) is 85.2 Å². The van der Waals surface area contributed by atoms with Crippen molar-refractivity contribution in [2.75, 3.05) is 19.5 Å². The third-order valence-corrected chi connectivity index (χ3v) is 6.51. The molecule has 228 valence electrons. The maximum atomic E-state index is 10.7. The first-order valence-corrected chi connectivity index (χ1v) is 15.6. The van der Waals surface area contributed by atoms with Crippen LogP contribution >= 0.6 is 0 Å². The summed E-state index contributed by atoms with van der Waals surface area (Å²) in [4.78, 5) is 29.1. The highest BCUT2D eigenvalue weighted by molar-refractivity contribution is 7.85. The minimum atomic E-state index is -3.33. The van der Waals surface area contributed by atoms with Gasteiger partial charge in [-0.25, -0.2) is 0 Å². The zero-order valence-electron chi connectivity index (χ0n) is 24.7. The molecule has 43 heavy (non-hydrogen) atoms. The van der Waals surface area contributed by atoms with E-state index >= 15 is 0 Å². The lowest BCUT2D eigenvalue weighted by molar-refractivity contribution is 0.111. The minimum absolute atomic E-state index is 0.150. The maximum absolute atomic E-state index is 10.7. The van der Waals surface area contributed by atoms with Crippen LogP contribution in [0.4, 0.5) is 0 Å². The van der Waals surface area contributed by atoms with Crippen molar-refractivity contribution >= 4 is 22.7 Å². The number of carbonyl (C=O) groups excluding carboxylic acids is 2. The number of carbonyl (C=O) groups is 2. The Hall–Kier alpha value is -4.41. The average Bonchev–Trinajstić information content (AvgIpc) is 3.02. The van der Waals surface area contributed by atoms with Gasteiger partial charge in [-0.05, 0) is 84.6 Å². The maximum Gasteiger partial charge on any atom is 0.264 e. The molecule has 0 radical (unpaired) electrons. The lowest BCUT2D eigenvalue weighted by Gasteiger charge is -2.06. The summed E-state index contributed by atoms with van der Waals surface area (Å²) in [7, 11) is -3.33. The van der Waals surface area contributed by atoms with Crippen LogP contribution in [0, 0.1) is 0 Å². The predicted molar refractivity (Wildman–Crippen MR) is 166 cm³/mol. The molecular weight excluding hydrogens is 568 g/mol. The number of phenols is 1. The van der Waals surface area contributed by atoms with Gasteiger partial charge in [-0.15, -0.1) is 0 Å². The summed E-state index contributed by atoms with van der Waals surface area (Å²) in [5, 5.41) is 8.74. The minimum Gasteiger partial charge on any atom is -0.508 e. The molecule has 0 saturated carbocycles. The Labute approximate surface area is 253 Å². The number of ether oxygens (including phenoxy) is 1. The molecule has 1 N–H and O–H groups in total. The number of aromatic hydroxyl groups is 1. The third-order valence-electron chi connectivity index (χ3n) is 5.92. The number of nitrogens with zero attached hydrogens (tertiary/aromatic N) is 2. The smallest absolute Gasteiger partial charge is 0.264 e. The zero-order valence-corrected chi connectivity index (χ0v) is 25.5. The van der Waals surface area contributed by atoms with Gasteiger partial charge in [0.15, 0.2) is 0 Å². The molecule has 4 rings (SSSR count). The van der Waals surface area contributed by atoms with E-state index in [0.717, 1.165) is 55.2 Å². The first kappa shape index (κ1) is 34.8. The Bertz CT molecular complexity index is 1470. The second-order valence-corrected chi connectivity index (χ2v) is 10.9. The van der Waals surface area contributed by atoms with E-state index in [2.05, 4.69) is 34.1 Å². The number of aryl methyl sites for hydroxylation is 2. The van der Waals surface area contributed by atoms with Gasteiger partial charge in [0, 0.05) is 47.8 Å². The molecule has 2 aromatic carbocycles. The molecule has 4 aromatic rings. The number of pyridine rings is 2. The molecule has 2 aromatic heterocycles. The van der Waals surface area contributed by atoms with Gasteiger partial charge in [-0.3, -0.25) is 23.7 Å². The van der Waals surface area contributed by atoms with Gasteiger partial charge >= 0.3 is 0 Å². The average molecular weight is 607 g/mol. The van der Waals surface area contributed by atoms with Crippen LogP contribution in [0.1, 0.15) is 57.1 Å². The normalized spacial score (nSPS) is 10.4. The van der Waals surface area contributed by atoms with Crippen LogP contribution in [0.5, 0.6) is 11.5 Å². The van der Waals surface area contributed by atoms with Crippen LogP contribution in [-0.4, -0.2) is 55.5 Å². The fourth-order valence-electron chi connectivity index (χ4n) is 3.39. The number of phenolic OH excluding ortho intramolecular Hbond substituents is 1. The molecule has 0 amide bonds. The number of aldehydes is 2. The summed E-state index contributed by atoms with van der Waals surface area (Å²) in [5.74, 6) is 0.955. The van der Waals surface area contributed by atoms with Crippen molar-refractivity contribution in [3.63, 3.8) is 0 Å². The molecule has 0 unspecified atom stereocenters. The van der Waals surface area contributed by atoms with Crippen LogP contribution in [0.25, 0.3) is 0 Å². The molecule has 0 aliphatic carbocycles. The summed E-state index contributed by atoms with van der Waals surface area (Å²) in [6, 6.07) is 21.2. The van der Waals surface area contributed by atoms with E-state index in [4.69, 9.17) is 9.84 Å². The molecule has 0 saturated heterocycles. The fourth-order valence-corrected chi connectivity index (χ4v) is 3.78. The first-order valence-electron chi connectivity index (χ1n) is 13.8. The van der Waals surface area contributed by atoms with Crippen LogP contribution < -0.4 is 4.74 Å². The molecule has 0 bridgehead atoms. The van der Waals surface area contributed by atoms with Crippen molar-refractivity contribution in [1.82, 2.24) is 9.97 Å². The number of rotatable bonds is 12. The van der Waals surface area contributed by atoms with E-state index in [1.165, 1.54) is 23.3 Å². The Morgan fingerprint density at radius 1 is 0.698 bits per heavy atom. The topological polar surface area (TPSA) is 133 Å². The lowest BCUT2D eigenvalue weighted by Crippen LogP contribution is -2.07. The molecule has 0 atom stereocenters. The van der Waals surface area contributed by atoms with Crippen LogP contribution in [-0.2, 0) is 40.0 Å². The summed E-state index contributed by atoms with van der Waals surface area (Å²) < 4.78 is 31.6. The Morgan fingerprint density at radius 3 is 1.56 bits per heavy atom. The highest BCUT2D eigenvalue weighted by Gasteiger charge is 2.02. The summed E-state index contributed by atoms with van der Waals surface area (Å²) in [6.45, 7) is 4.91. The lowest BCUT2D eigenvalue weighted by atomic mass is 10.2. The van der Waals surface area contributed by atoms with E-state index in [-0.39, 0.29) is 12.4 Å². The van der Waals surface area contributed by atoms with Gasteiger partial charge in [0.2, 0.25) is 0 Å². The van der Waals surface area contributed by atoms with E-state index in [0.29, 0.717) is 24.2 Å². The Morgan fingerprint density at radius 2 is 1.16 bits per heavy atom. The van der Waals surface area contributed by atoms with Gasteiger partial charge in [0.25, 0.3) is 10.1 Å². The van der Waals surface area contributed by atoms with Gasteiger partial charge < -0.3 is 9.84 Å². The highest BCUT2D eigenvalue weighted by atomic mass is 32.2. The number of aromatic nitrogens is 2. The van der Waals surface area contributed by atoms with Crippen molar-refractivity contribution < 1.29 is 32.0 Å². The van der Waals surface area contributed by atoms with Crippen molar-refractivity contribution in [3.8, 4) is 11.5 Å².